The van der Waals surface area contributed by atoms with Crippen LogP contribution in [0.25, 0.3) is 33.4 Å². The van der Waals surface area contributed by atoms with Crippen LogP contribution in [0.1, 0.15) is 10.4 Å². The summed E-state index contributed by atoms with van der Waals surface area (Å²) in [6.45, 7) is 0. The summed E-state index contributed by atoms with van der Waals surface area (Å²) >= 11 is 4.96. The average Bonchev–Trinajstić information content (AvgIpc) is 2.71. The Kier molecular flexibility index (Phi) is 4.82. The van der Waals surface area contributed by atoms with Crippen LogP contribution in [0.5, 0.6) is 5.75 Å². The van der Waals surface area contributed by atoms with Crippen molar-refractivity contribution < 1.29 is 19.4 Å². The molecule has 2 aliphatic rings. The molecule has 1 aliphatic carbocycles. The SMILES string of the molecule is NNC(=S)Nc1ccc(-c2c3ccc(=O)cc-3oc3cc([O-])ccc23)c(C(=O)O)c1. The van der Waals surface area contributed by atoms with Gasteiger partial charge in [-0.3, -0.25) is 4.79 Å². The molecule has 4 rings (SSSR count). The smallest absolute Gasteiger partial charge is 0.336 e. The Balaban J connectivity index is 2.06. The summed E-state index contributed by atoms with van der Waals surface area (Å²) in [7, 11) is 0. The zero-order valence-corrected chi connectivity index (χ0v) is 16.1. The summed E-state index contributed by atoms with van der Waals surface area (Å²) in [6.07, 6.45) is 0. The number of carboxylic acids is 1. The van der Waals surface area contributed by atoms with Crippen LogP contribution in [-0.4, -0.2) is 16.2 Å². The Labute approximate surface area is 174 Å². The number of rotatable bonds is 3. The highest BCUT2D eigenvalue weighted by molar-refractivity contribution is 7.80. The Morgan fingerprint density at radius 3 is 2.57 bits per heavy atom. The normalized spacial score (nSPS) is 10.8. The van der Waals surface area contributed by atoms with Gasteiger partial charge in [-0.05, 0) is 48.1 Å². The van der Waals surface area contributed by atoms with Crippen molar-refractivity contribution in [2.75, 3.05) is 5.32 Å². The van der Waals surface area contributed by atoms with E-state index in [1.807, 2.05) is 0 Å². The Morgan fingerprint density at radius 1 is 1.07 bits per heavy atom. The predicted molar refractivity (Wildman–Crippen MR) is 114 cm³/mol. The molecule has 0 saturated carbocycles. The van der Waals surface area contributed by atoms with Crippen LogP contribution < -0.4 is 27.1 Å². The molecule has 0 saturated heterocycles. The molecule has 8 nitrogen and oxygen atoms in total. The van der Waals surface area contributed by atoms with Crippen molar-refractivity contribution in [3.05, 3.63) is 70.4 Å². The van der Waals surface area contributed by atoms with Gasteiger partial charge in [0.1, 0.15) is 11.3 Å². The van der Waals surface area contributed by atoms with Crippen LogP contribution in [-0.2, 0) is 0 Å². The van der Waals surface area contributed by atoms with E-state index in [2.05, 4.69) is 10.7 Å². The molecule has 0 radical (unpaired) electrons. The molecule has 0 unspecified atom stereocenters. The molecule has 0 spiro atoms. The van der Waals surface area contributed by atoms with Gasteiger partial charge < -0.3 is 25.4 Å². The highest BCUT2D eigenvalue weighted by atomic mass is 32.1. The van der Waals surface area contributed by atoms with Crippen LogP contribution in [0, 0.1) is 0 Å². The van der Waals surface area contributed by atoms with Gasteiger partial charge in [0.15, 0.2) is 10.5 Å². The molecule has 0 fully saturated rings. The Morgan fingerprint density at radius 2 is 1.83 bits per heavy atom. The van der Waals surface area contributed by atoms with Gasteiger partial charge in [-0.2, -0.15) is 0 Å². The average molecular weight is 420 g/mol. The van der Waals surface area contributed by atoms with Crippen molar-refractivity contribution in [1.29, 1.82) is 0 Å². The summed E-state index contributed by atoms with van der Waals surface area (Å²) < 4.78 is 5.76. The van der Waals surface area contributed by atoms with E-state index in [0.29, 0.717) is 27.8 Å². The van der Waals surface area contributed by atoms with Crippen LogP contribution in [0.4, 0.5) is 5.69 Å². The summed E-state index contributed by atoms with van der Waals surface area (Å²) in [5.74, 6) is 4.08. The number of nitrogens with two attached hydrogens (primary N) is 1. The number of nitrogens with one attached hydrogen (secondary N) is 2. The van der Waals surface area contributed by atoms with E-state index < -0.39 is 5.97 Å². The third-order valence-corrected chi connectivity index (χ3v) is 4.79. The quantitative estimate of drug-likeness (QED) is 0.170. The number of fused-ring (bicyclic) bond motifs is 2. The first-order valence-corrected chi connectivity index (χ1v) is 9.11. The predicted octanol–water partition coefficient (Wildman–Crippen LogP) is 2.50. The summed E-state index contributed by atoms with van der Waals surface area (Å²) in [6, 6.07) is 13.2. The van der Waals surface area contributed by atoms with E-state index in [4.69, 9.17) is 22.5 Å². The minimum atomic E-state index is -1.16. The van der Waals surface area contributed by atoms with E-state index in [9.17, 15) is 19.8 Å². The third-order valence-electron chi connectivity index (χ3n) is 4.57. The molecule has 0 aromatic heterocycles. The van der Waals surface area contributed by atoms with Crippen molar-refractivity contribution in [3.8, 4) is 28.2 Å². The lowest BCUT2D eigenvalue weighted by molar-refractivity contribution is -0.268. The second-order valence-corrected chi connectivity index (χ2v) is 6.87. The molecule has 9 heteroatoms. The zero-order valence-electron chi connectivity index (χ0n) is 15.3. The number of aromatic carboxylic acids is 1. The van der Waals surface area contributed by atoms with Gasteiger partial charge in [-0.25, -0.2) is 10.6 Å². The number of benzene rings is 3. The number of hydrazine groups is 1. The molecular formula is C21H14N3O5S-. The fourth-order valence-electron chi connectivity index (χ4n) is 3.33. The third kappa shape index (κ3) is 3.43. The van der Waals surface area contributed by atoms with E-state index in [0.717, 1.165) is 0 Å². The van der Waals surface area contributed by atoms with Gasteiger partial charge >= 0.3 is 5.97 Å². The maximum Gasteiger partial charge on any atom is 0.336 e. The van der Waals surface area contributed by atoms with Gasteiger partial charge in [0.05, 0.1) is 5.56 Å². The lowest BCUT2D eigenvalue weighted by Gasteiger charge is -2.18. The maximum atomic E-state index is 12.1. The first kappa shape index (κ1) is 19.4. The lowest BCUT2D eigenvalue weighted by atomic mass is 9.90. The first-order chi connectivity index (χ1) is 14.4. The number of anilines is 1. The molecule has 0 bridgehead atoms. The van der Waals surface area contributed by atoms with Crippen LogP contribution in [0.2, 0.25) is 0 Å². The summed E-state index contributed by atoms with van der Waals surface area (Å²) in [5, 5.41) is 25.1. The molecule has 2 aromatic rings. The standard InChI is InChI=1S/C21H15N3O5S/c22-24-21(30)23-10-1-4-13(16(7-10)20(27)28)19-14-5-2-11(25)8-17(14)29-18-9-12(26)3-6-15(18)19/h1-9,25H,22H2,(H,27,28)(H2,23,24,30)/p-1. The van der Waals surface area contributed by atoms with E-state index in [-0.39, 0.29) is 33.2 Å². The maximum absolute atomic E-state index is 12.1. The second kappa shape index (κ2) is 7.47. The zero-order chi connectivity index (χ0) is 21.4. The molecule has 0 atom stereocenters. The van der Waals surface area contributed by atoms with Crippen molar-refractivity contribution in [2.45, 2.75) is 0 Å². The monoisotopic (exact) mass is 420 g/mol. The number of thiocarbonyl (C=S) groups is 1. The molecule has 30 heavy (non-hydrogen) atoms. The Bertz CT molecular complexity index is 1350. The summed E-state index contributed by atoms with van der Waals surface area (Å²) in [4.78, 5) is 23.9. The van der Waals surface area contributed by atoms with Gasteiger partial charge in [0, 0.05) is 28.3 Å². The molecule has 2 aromatic carbocycles. The minimum absolute atomic E-state index is 0.00831. The Hall–Kier alpha value is -3.95. The molecular weight excluding hydrogens is 406 g/mol. The van der Waals surface area contributed by atoms with Gasteiger partial charge in [-0.15, -0.1) is 5.75 Å². The molecule has 1 aliphatic heterocycles. The van der Waals surface area contributed by atoms with Crippen molar-refractivity contribution in [2.24, 2.45) is 5.84 Å². The lowest BCUT2D eigenvalue weighted by Crippen LogP contribution is -2.34. The molecule has 1 heterocycles. The molecule has 5 N–H and O–H groups in total. The van der Waals surface area contributed by atoms with Crippen molar-refractivity contribution in [3.63, 3.8) is 0 Å². The fourth-order valence-corrected chi connectivity index (χ4v) is 3.44. The largest absolute Gasteiger partial charge is 0.872 e. The van der Waals surface area contributed by atoms with Gasteiger partial charge in [0.2, 0.25) is 0 Å². The van der Waals surface area contributed by atoms with Crippen LogP contribution >= 0.6 is 12.2 Å². The number of carboxylic acid groups (broad SMARTS) is 1. The highest BCUT2D eigenvalue weighted by Gasteiger charge is 2.22. The fraction of sp³-hybridized carbons (Fsp3) is 0. The van der Waals surface area contributed by atoms with Crippen molar-refractivity contribution >= 4 is 40.0 Å². The van der Waals surface area contributed by atoms with E-state index in [1.54, 1.807) is 24.3 Å². The first-order valence-electron chi connectivity index (χ1n) is 8.70. The second-order valence-electron chi connectivity index (χ2n) is 6.46. The van der Waals surface area contributed by atoms with Crippen LogP contribution in [0.15, 0.2) is 63.8 Å². The van der Waals surface area contributed by atoms with Gasteiger partial charge in [-0.1, -0.05) is 18.2 Å². The minimum Gasteiger partial charge on any atom is -0.872 e. The highest BCUT2D eigenvalue weighted by Crippen LogP contribution is 2.42. The number of hydrogen-bond acceptors (Lipinski definition) is 6. The number of carbonyl (C=O) groups is 1. The molecule has 0 amide bonds. The van der Waals surface area contributed by atoms with E-state index in [1.165, 1.54) is 30.3 Å². The molecule has 150 valence electrons. The number of hydrogen-bond donors (Lipinski definition) is 4. The van der Waals surface area contributed by atoms with Gasteiger partial charge in [0.25, 0.3) is 0 Å². The van der Waals surface area contributed by atoms with Crippen LogP contribution in [0.3, 0.4) is 0 Å². The topological polar surface area (TPSA) is 141 Å². The van der Waals surface area contributed by atoms with E-state index >= 15 is 0 Å². The summed E-state index contributed by atoms with van der Waals surface area (Å²) in [5.41, 5.74) is 4.15. The van der Waals surface area contributed by atoms with Crippen molar-refractivity contribution in [1.82, 2.24) is 5.43 Å².